The van der Waals surface area contributed by atoms with Gasteiger partial charge in [0.05, 0.1) is 0 Å². The Bertz CT molecular complexity index is 1180. The first-order valence-electron chi connectivity index (χ1n) is 9.50. The van der Waals surface area contributed by atoms with E-state index in [1.165, 1.54) is 22.3 Å². The van der Waals surface area contributed by atoms with Crippen LogP contribution in [0.15, 0.2) is 71.5 Å². The third-order valence-corrected chi connectivity index (χ3v) is 5.05. The second-order valence-corrected chi connectivity index (χ2v) is 7.00. The highest BCUT2D eigenvalue weighted by Gasteiger charge is 2.18. The molecular formula is C23H18N4O2. The van der Waals surface area contributed by atoms with Crippen molar-refractivity contribution in [1.29, 1.82) is 0 Å². The molecule has 0 fully saturated rings. The molecule has 1 aliphatic rings. The van der Waals surface area contributed by atoms with Crippen molar-refractivity contribution in [3.05, 3.63) is 84.0 Å². The standard InChI is InChI=1S/C23H18N4O2/c28-21(7-8-22-26-23(27-29-22)15-9-11-24-12-10-15)25-18-5-6-20-17(14-18)13-16-3-1-2-4-19(16)20/h1-6,9-12,14H,7-8,13H2,(H,25,28). The van der Waals surface area contributed by atoms with Crippen LogP contribution in [0.2, 0.25) is 0 Å². The second kappa shape index (κ2) is 7.31. The molecule has 0 saturated heterocycles. The van der Waals surface area contributed by atoms with Crippen molar-refractivity contribution in [2.75, 3.05) is 5.32 Å². The van der Waals surface area contributed by atoms with Crippen LogP contribution < -0.4 is 5.32 Å². The maximum atomic E-state index is 12.4. The summed E-state index contributed by atoms with van der Waals surface area (Å²) in [5.41, 5.74) is 6.73. The minimum absolute atomic E-state index is 0.0795. The van der Waals surface area contributed by atoms with Gasteiger partial charge < -0.3 is 9.84 Å². The Morgan fingerprint density at radius 2 is 1.83 bits per heavy atom. The number of hydrogen-bond donors (Lipinski definition) is 1. The van der Waals surface area contributed by atoms with Crippen LogP contribution in [-0.4, -0.2) is 21.0 Å². The van der Waals surface area contributed by atoms with Crippen molar-refractivity contribution in [3.63, 3.8) is 0 Å². The molecule has 2 aromatic heterocycles. The van der Waals surface area contributed by atoms with Gasteiger partial charge in [-0.25, -0.2) is 0 Å². The van der Waals surface area contributed by atoms with Crippen LogP contribution in [0, 0.1) is 0 Å². The quantitative estimate of drug-likeness (QED) is 0.491. The summed E-state index contributed by atoms with van der Waals surface area (Å²) in [6.07, 6.45) is 4.91. The van der Waals surface area contributed by atoms with Crippen LogP contribution in [0.25, 0.3) is 22.5 Å². The number of nitrogens with zero attached hydrogens (tertiary/aromatic N) is 3. The average Bonchev–Trinajstić information content (AvgIpc) is 3.37. The maximum absolute atomic E-state index is 12.4. The molecule has 2 heterocycles. The number of aromatic nitrogens is 3. The monoisotopic (exact) mass is 382 g/mol. The molecule has 2 aromatic carbocycles. The van der Waals surface area contributed by atoms with E-state index in [1.54, 1.807) is 12.4 Å². The molecule has 0 aliphatic heterocycles. The highest BCUT2D eigenvalue weighted by Crippen LogP contribution is 2.37. The number of anilines is 1. The molecule has 6 heteroatoms. The minimum Gasteiger partial charge on any atom is -0.339 e. The zero-order chi connectivity index (χ0) is 19.6. The molecule has 0 saturated carbocycles. The highest BCUT2D eigenvalue weighted by molar-refractivity contribution is 5.92. The maximum Gasteiger partial charge on any atom is 0.227 e. The van der Waals surface area contributed by atoms with Crippen molar-refractivity contribution >= 4 is 11.6 Å². The van der Waals surface area contributed by atoms with Gasteiger partial charge in [-0.1, -0.05) is 35.5 Å². The number of fused-ring (bicyclic) bond motifs is 3. The molecule has 1 aliphatic carbocycles. The Morgan fingerprint density at radius 3 is 2.72 bits per heavy atom. The van der Waals surface area contributed by atoms with Gasteiger partial charge in [0, 0.05) is 36.5 Å². The molecule has 142 valence electrons. The van der Waals surface area contributed by atoms with E-state index in [0.717, 1.165) is 17.7 Å². The number of carbonyl (C=O) groups is 1. The fourth-order valence-electron chi connectivity index (χ4n) is 3.64. The summed E-state index contributed by atoms with van der Waals surface area (Å²) in [6, 6.07) is 18.1. The average molecular weight is 382 g/mol. The van der Waals surface area contributed by atoms with Gasteiger partial charge >= 0.3 is 0 Å². The Labute approximate surface area is 167 Å². The third-order valence-electron chi connectivity index (χ3n) is 5.05. The number of aryl methyl sites for hydroxylation is 1. The lowest BCUT2D eigenvalue weighted by Gasteiger charge is -2.07. The lowest BCUT2D eigenvalue weighted by molar-refractivity contribution is -0.116. The summed E-state index contributed by atoms with van der Waals surface area (Å²) in [5, 5.41) is 6.93. The molecule has 4 aromatic rings. The number of rotatable bonds is 5. The van der Waals surface area contributed by atoms with E-state index in [9.17, 15) is 4.79 Å². The Hall–Kier alpha value is -3.80. The molecular weight excluding hydrogens is 364 g/mol. The van der Waals surface area contributed by atoms with Gasteiger partial charge in [-0.2, -0.15) is 4.98 Å². The molecule has 29 heavy (non-hydrogen) atoms. The van der Waals surface area contributed by atoms with Crippen molar-refractivity contribution < 1.29 is 9.32 Å². The second-order valence-electron chi connectivity index (χ2n) is 7.00. The number of amides is 1. The summed E-state index contributed by atoms with van der Waals surface area (Å²) < 4.78 is 5.25. The smallest absolute Gasteiger partial charge is 0.227 e. The van der Waals surface area contributed by atoms with Crippen LogP contribution in [0.5, 0.6) is 0 Å². The zero-order valence-electron chi connectivity index (χ0n) is 15.6. The number of carbonyl (C=O) groups excluding carboxylic acids is 1. The number of hydrogen-bond acceptors (Lipinski definition) is 5. The first-order valence-corrected chi connectivity index (χ1v) is 9.50. The van der Waals surface area contributed by atoms with Gasteiger partial charge in [0.15, 0.2) is 0 Å². The molecule has 5 rings (SSSR count). The fourth-order valence-corrected chi connectivity index (χ4v) is 3.64. The van der Waals surface area contributed by atoms with Crippen LogP contribution in [0.1, 0.15) is 23.4 Å². The topological polar surface area (TPSA) is 80.9 Å². The highest BCUT2D eigenvalue weighted by atomic mass is 16.5. The van der Waals surface area contributed by atoms with E-state index in [0.29, 0.717) is 18.1 Å². The Balaban J connectivity index is 1.21. The summed E-state index contributed by atoms with van der Waals surface area (Å²) in [6.45, 7) is 0. The number of nitrogens with one attached hydrogen (secondary N) is 1. The Kier molecular flexibility index (Phi) is 4.37. The fraction of sp³-hybridized carbons (Fsp3) is 0.130. The molecule has 6 nitrogen and oxygen atoms in total. The summed E-state index contributed by atoms with van der Waals surface area (Å²) >= 11 is 0. The van der Waals surface area contributed by atoms with E-state index >= 15 is 0 Å². The predicted molar refractivity (Wildman–Crippen MR) is 109 cm³/mol. The van der Waals surface area contributed by atoms with E-state index in [-0.39, 0.29) is 12.3 Å². The van der Waals surface area contributed by atoms with E-state index < -0.39 is 0 Å². The van der Waals surface area contributed by atoms with Crippen LogP contribution in [0.3, 0.4) is 0 Å². The van der Waals surface area contributed by atoms with Gasteiger partial charge in [0.25, 0.3) is 0 Å². The Morgan fingerprint density at radius 1 is 1.00 bits per heavy atom. The van der Waals surface area contributed by atoms with E-state index in [1.807, 2.05) is 18.2 Å². The summed E-state index contributed by atoms with van der Waals surface area (Å²) in [4.78, 5) is 20.7. The lowest BCUT2D eigenvalue weighted by Crippen LogP contribution is -2.12. The third kappa shape index (κ3) is 3.52. The number of pyridine rings is 1. The van der Waals surface area contributed by atoms with Crippen LogP contribution >= 0.6 is 0 Å². The molecule has 1 N–H and O–H groups in total. The van der Waals surface area contributed by atoms with Gasteiger partial charge in [-0.15, -0.1) is 0 Å². The van der Waals surface area contributed by atoms with Crippen LogP contribution in [-0.2, 0) is 17.6 Å². The van der Waals surface area contributed by atoms with Gasteiger partial charge in [0.2, 0.25) is 17.6 Å². The molecule has 0 bridgehead atoms. The van der Waals surface area contributed by atoms with Crippen molar-refractivity contribution in [2.24, 2.45) is 0 Å². The van der Waals surface area contributed by atoms with Crippen LogP contribution in [0.4, 0.5) is 5.69 Å². The predicted octanol–water partition coefficient (Wildman–Crippen LogP) is 4.27. The van der Waals surface area contributed by atoms with Crippen molar-refractivity contribution in [1.82, 2.24) is 15.1 Å². The normalized spacial score (nSPS) is 11.7. The molecule has 0 radical (unpaired) electrons. The number of benzene rings is 2. The molecule has 0 unspecified atom stereocenters. The zero-order valence-corrected chi connectivity index (χ0v) is 15.6. The van der Waals surface area contributed by atoms with Crippen molar-refractivity contribution in [2.45, 2.75) is 19.3 Å². The first kappa shape index (κ1) is 17.3. The molecule has 0 spiro atoms. The minimum atomic E-state index is -0.0795. The van der Waals surface area contributed by atoms with Gasteiger partial charge in [-0.3, -0.25) is 9.78 Å². The van der Waals surface area contributed by atoms with Crippen molar-refractivity contribution in [3.8, 4) is 22.5 Å². The van der Waals surface area contributed by atoms with Gasteiger partial charge in [-0.05, 0) is 52.9 Å². The summed E-state index contributed by atoms with van der Waals surface area (Å²) in [7, 11) is 0. The largest absolute Gasteiger partial charge is 0.339 e. The first-order chi connectivity index (χ1) is 14.3. The molecule has 0 atom stereocenters. The summed E-state index contributed by atoms with van der Waals surface area (Å²) in [5.74, 6) is 0.862. The van der Waals surface area contributed by atoms with E-state index in [4.69, 9.17) is 4.52 Å². The lowest BCUT2D eigenvalue weighted by atomic mass is 10.1. The van der Waals surface area contributed by atoms with Gasteiger partial charge in [0.1, 0.15) is 0 Å². The molecule has 1 amide bonds. The SMILES string of the molecule is O=C(CCc1nc(-c2ccncc2)no1)Nc1ccc2c(c1)Cc1ccccc1-2. The van der Waals surface area contributed by atoms with E-state index in [2.05, 4.69) is 56.8 Å².